The lowest BCUT2D eigenvalue weighted by atomic mass is 9.68. The summed E-state index contributed by atoms with van der Waals surface area (Å²) < 4.78 is 23.7. The Labute approximate surface area is 216 Å². The molecule has 2 saturated carbocycles. The number of hydrogen-bond donors (Lipinski definition) is 1. The van der Waals surface area contributed by atoms with Crippen molar-refractivity contribution >= 4 is 15.9 Å². The highest BCUT2D eigenvalue weighted by atomic mass is 32.2. The van der Waals surface area contributed by atoms with Crippen LogP contribution in [0.25, 0.3) is 0 Å². The van der Waals surface area contributed by atoms with Crippen molar-refractivity contribution < 1.29 is 18.3 Å². The Morgan fingerprint density at radius 1 is 1.00 bits per heavy atom. The molecule has 2 amide bonds. The third-order valence-corrected chi connectivity index (χ3v) is 11.7. The molecule has 0 aromatic heterocycles. The van der Waals surface area contributed by atoms with Gasteiger partial charge in [-0.1, -0.05) is 36.8 Å². The molecule has 4 aliphatic rings. The molecule has 1 aromatic rings. The quantitative estimate of drug-likeness (QED) is 0.598. The minimum atomic E-state index is -3.04. The highest BCUT2D eigenvalue weighted by Gasteiger charge is 2.55. The molecule has 1 N–H and O–H groups in total. The van der Waals surface area contributed by atoms with Gasteiger partial charge in [-0.25, -0.2) is 13.2 Å². The maximum Gasteiger partial charge on any atom is 0.320 e. The van der Waals surface area contributed by atoms with Gasteiger partial charge >= 0.3 is 6.03 Å². The fourth-order valence-electron chi connectivity index (χ4n) is 7.07. The molecule has 2 saturated heterocycles. The van der Waals surface area contributed by atoms with E-state index in [4.69, 9.17) is 0 Å². The van der Waals surface area contributed by atoms with Gasteiger partial charge in [-0.05, 0) is 83.4 Å². The average molecular weight is 518 g/mol. The molecular weight excluding hydrogens is 474 g/mol. The van der Waals surface area contributed by atoms with Gasteiger partial charge in [-0.15, -0.1) is 0 Å². The standard InChI is InChI=1S/C28H43N3O4S/c1-29(2)28(24-9-4-3-5-10-24)13-11-26(12-14-28)22-30(25(32)31(26)21-23-7-6-8-23)18-15-27(33)16-19-36(34,35)20-17-27/h3-5,9-10,23,33H,6-8,11-22H2,1-2H3/t26-,28+. The third-order valence-electron chi connectivity index (χ3n) is 10.0. The van der Waals surface area contributed by atoms with Gasteiger partial charge in [0, 0.05) is 25.2 Å². The molecule has 1 aromatic carbocycles. The molecular formula is C28H43N3O4S. The number of hydrogen-bond acceptors (Lipinski definition) is 5. The summed E-state index contributed by atoms with van der Waals surface area (Å²) in [4.78, 5) is 20.3. The van der Waals surface area contributed by atoms with Crippen molar-refractivity contribution in [2.45, 2.75) is 80.9 Å². The number of aliphatic hydroxyl groups is 1. The van der Waals surface area contributed by atoms with Crippen molar-refractivity contribution in [3.63, 3.8) is 0 Å². The second-order valence-electron chi connectivity index (χ2n) is 12.3. The largest absolute Gasteiger partial charge is 0.390 e. The molecule has 0 radical (unpaired) electrons. The first-order valence-electron chi connectivity index (χ1n) is 13.8. The molecule has 36 heavy (non-hydrogen) atoms. The molecule has 4 fully saturated rings. The molecule has 7 nitrogen and oxygen atoms in total. The number of urea groups is 1. The SMILES string of the molecule is CN(C)[C@]1(c2ccccc2)CC[C@]2(CC1)CN(CCC1(O)CCS(=O)(=O)CC1)C(=O)N2CC1CCC1. The summed E-state index contributed by atoms with van der Waals surface area (Å²) in [6, 6.07) is 10.9. The molecule has 1 spiro atoms. The zero-order chi connectivity index (χ0) is 25.6. The van der Waals surface area contributed by atoms with E-state index in [2.05, 4.69) is 54.2 Å². The fourth-order valence-corrected chi connectivity index (χ4v) is 8.66. The van der Waals surface area contributed by atoms with Crippen LogP contribution in [0.3, 0.4) is 0 Å². The smallest absolute Gasteiger partial charge is 0.320 e. The van der Waals surface area contributed by atoms with Crippen LogP contribution < -0.4 is 0 Å². The predicted octanol–water partition coefficient (Wildman–Crippen LogP) is 3.62. The second-order valence-corrected chi connectivity index (χ2v) is 14.6. The van der Waals surface area contributed by atoms with Crippen LogP contribution in [0.4, 0.5) is 4.79 Å². The van der Waals surface area contributed by atoms with Gasteiger partial charge in [0.2, 0.25) is 0 Å². The average Bonchev–Trinajstić information content (AvgIpc) is 3.09. The van der Waals surface area contributed by atoms with E-state index in [1.54, 1.807) is 0 Å². The van der Waals surface area contributed by atoms with Crippen molar-refractivity contribution in [2.24, 2.45) is 5.92 Å². The van der Waals surface area contributed by atoms with Crippen molar-refractivity contribution in [3.05, 3.63) is 35.9 Å². The van der Waals surface area contributed by atoms with Gasteiger partial charge in [-0.2, -0.15) is 0 Å². The van der Waals surface area contributed by atoms with E-state index in [-0.39, 0.29) is 41.5 Å². The second kappa shape index (κ2) is 9.59. The fraction of sp³-hybridized carbons (Fsp3) is 0.750. The van der Waals surface area contributed by atoms with Gasteiger partial charge < -0.3 is 14.9 Å². The summed E-state index contributed by atoms with van der Waals surface area (Å²) in [5, 5.41) is 11.0. The normalized spacial score (nSPS) is 29.6. The van der Waals surface area contributed by atoms with E-state index in [0.717, 1.165) is 32.2 Å². The zero-order valence-electron chi connectivity index (χ0n) is 22.0. The zero-order valence-corrected chi connectivity index (χ0v) is 22.8. The molecule has 0 bridgehead atoms. The molecule has 5 rings (SSSR count). The van der Waals surface area contributed by atoms with Crippen LogP contribution in [-0.2, 0) is 15.4 Å². The first-order valence-corrected chi connectivity index (χ1v) is 15.6. The van der Waals surface area contributed by atoms with Crippen molar-refractivity contribution in [1.82, 2.24) is 14.7 Å². The lowest BCUT2D eigenvalue weighted by Gasteiger charge is -2.51. The van der Waals surface area contributed by atoms with Crippen molar-refractivity contribution in [1.29, 1.82) is 0 Å². The van der Waals surface area contributed by atoms with E-state index in [0.29, 0.717) is 25.4 Å². The summed E-state index contributed by atoms with van der Waals surface area (Å²) in [6.07, 6.45) is 8.63. The Hall–Kier alpha value is -1.64. The number of benzene rings is 1. The third kappa shape index (κ3) is 4.81. The number of carbonyl (C=O) groups is 1. The first kappa shape index (κ1) is 26.0. The molecule has 2 heterocycles. The maximum atomic E-state index is 13.8. The van der Waals surface area contributed by atoms with Gasteiger partial charge in [0.05, 0.1) is 22.6 Å². The minimum Gasteiger partial charge on any atom is -0.390 e. The number of sulfone groups is 1. The van der Waals surface area contributed by atoms with Gasteiger partial charge in [-0.3, -0.25) is 4.90 Å². The van der Waals surface area contributed by atoms with Crippen LogP contribution >= 0.6 is 0 Å². The molecule has 8 heteroatoms. The van der Waals surface area contributed by atoms with E-state index >= 15 is 0 Å². The molecule has 0 unspecified atom stereocenters. The van der Waals surface area contributed by atoms with Gasteiger partial charge in [0.15, 0.2) is 9.84 Å². The molecule has 0 atom stereocenters. The summed E-state index contributed by atoms with van der Waals surface area (Å²) >= 11 is 0. The topological polar surface area (TPSA) is 81.2 Å². The summed E-state index contributed by atoms with van der Waals surface area (Å²) in [6.45, 7) is 2.05. The van der Waals surface area contributed by atoms with Crippen LogP contribution in [0.5, 0.6) is 0 Å². The van der Waals surface area contributed by atoms with Crippen LogP contribution in [0, 0.1) is 5.92 Å². The lowest BCUT2D eigenvalue weighted by Crippen LogP contribution is -2.56. The van der Waals surface area contributed by atoms with E-state index < -0.39 is 15.4 Å². The van der Waals surface area contributed by atoms with E-state index in [1.165, 1.54) is 24.8 Å². The monoisotopic (exact) mass is 517 g/mol. The Balaban J connectivity index is 1.32. The molecule has 2 aliphatic heterocycles. The Kier molecular flexibility index (Phi) is 6.92. The summed E-state index contributed by atoms with van der Waals surface area (Å²) in [5.41, 5.74) is 0.194. The Morgan fingerprint density at radius 2 is 1.64 bits per heavy atom. The number of nitrogens with zero attached hydrogens (tertiary/aromatic N) is 3. The van der Waals surface area contributed by atoms with Crippen LogP contribution in [-0.4, -0.2) is 90.6 Å². The van der Waals surface area contributed by atoms with Crippen LogP contribution in [0.2, 0.25) is 0 Å². The minimum absolute atomic E-state index is 0.0200. The lowest BCUT2D eigenvalue weighted by molar-refractivity contribution is 0.0109. The highest BCUT2D eigenvalue weighted by molar-refractivity contribution is 7.91. The Morgan fingerprint density at radius 3 is 2.19 bits per heavy atom. The van der Waals surface area contributed by atoms with Crippen molar-refractivity contribution in [3.8, 4) is 0 Å². The first-order chi connectivity index (χ1) is 17.1. The summed E-state index contributed by atoms with van der Waals surface area (Å²) in [5.74, 6) is 0.691. The highest BCUT2D eigenvalue weighted by Crippen LogP contribution is 2.49. The van der Waals surface area contributed by atoms with Crippen LogP contribution in [0.15, 0.2) is 30.3 Å². The van der Waals surface area contributed by atoms with Gasteiger partial charge in [0.1, 0.15) is 0 Å². The number of carbonyl (C=O) groups excluding carboxylic acids is 1. The number of rotatable bonds is 7. The summed E-state index contributed by atoms with van der Waals surface area (Å²) in [7, 11) is 1.31. The maximum absolute atomic E-state index is 13.8. The molecule has 2 aliphatic carbocycles. The van der Waals surface area contributed by atoms with Crippen LogP contribution in [0.1, 0.15) is 69.8 Å². The predicted molar refractivity (Wildman–Crippen MR) is 141 cm³/mol. The molecule has 200 valence electrons. The Bertz CT molecular complexity index is 1030. The van der Waals surface area contributed by atoms with E-state index in [1.807, 2.05) is 4.90 Å². The van der Waals surface area contributed by atoms with E-state index in [9.17, 15) is 18.3 Å². The van der Waals surface area contributed by atoms with Gasteiger partial charge in [0.25, 0.3) is 0 Å². The van der Waals surface area contributed by atoms with Crippen molar-refractivity contribution in [2.75, 3.05) is 45.2 Å². The number of amides is 2.